The molecule has 1 atom stereocenters. The number of unbranched alkanes of at least 4 members (excludes halogenated alkanes) is 7. The highest BCUT2D eigenvalue weighted by molar-refractivity contribution is 5.87. The minimum absolute atomic E-state index is 0.0706. The van der Waals surface area contributed by atoms with Gasteiger partial charge in [-0.2, -0.15) is 0 Å². The van der Waals surface area contributed by atoms with Crippen LogP contribution in [-0.2, 0) is 19.1 Å². The summed E-state index contributed by atoms with van der Waals surface area (Å²) < 4.78 is 10.5. The van der Waals surface area contributed by atoms with Crippen LogP contribution in [0.1, 0.15) is 78.6 Å². The quantitative estimate of drug-likeness (QED) is 0.250. The Balaban J connectivity index is 4.10. The van der Waals surface area contributed by atoms with Gasteiger partial charge in [0.15, 0.2) is 0 Å². The normalized spacial score (nSPS) is 11.6. The summed E-state index contributed by atoms with van der Waals surface area (Å²) in [6, 6.07) is 0. The van der Waals surface area contributed by atoms with Crippen LogP contribution in [0.5, 0.6) is 0 Å². The van der Waals surface area contributed by atoms with E-state index in [-0.39, 0.29) is 6.61 Å². The molecule has 0 amide bonds. The zero-order valence-electron chi connectivity index (χ0n) is 15.7. The Hall–Kier alpha value is -1.58. The van der Waals surface area contributed by atoms with E-state index in [1.54, 1.807) is 13.8 Å². The van der Waals surface area contributed by atoms with Gasteiger partial charge in [0.25, 0.3) is 0 Å². The van der Waals surface area contributed by atoms with Crippen molar-refractivity contribution in [3.05, 3.63) is 24.3 Å². The van der Waals surface area contributed by atoms with Gasteiger partial charge < -0.3 is 9.47 Å². The van der Waals surface area contributed by atoms with E-state index in [2.05, 4.69) is 20.1 Å². The van der Waals surface area contributed by atoms with E-state index >= 15 is 0 Å². The van der Waals surface area contributed by atoms with Gasteiger partial charge in [-0.15, -0.1) is 0 Å². The third-order valence-corrected chi connectivity index (χ3v) is 3.75. The summed E-state index contributed by atoms with van der Waals surface area (Å²) in [5.41, 5.74) is 0.689. The molecule has 138 valence electrons. The molecule has 0 bridgehead atoms. The van der Waals surface area contributed by atoms with Gasteiger partial charge >= 0.3 is 11.9 Å². The zero-order chi connectivity index (χ0) is 18.4. The maximum atomic E-state index is 11.7. The second-order valence-corrected chi connectivity index (χ2v) is 6.45. The fraction of sp³-hybridized carbons (Fsp3) is 0.700. The van der Waals surface area contributed by atoms with Gasteiger partial charge in [-0.1, -0.05) is 65.0 Å². The van der Waals surface area contributed by atoms with Crippen molar-refractivity contribution in [3.8, 4) is 0 Å². The van der Waals surface area contributed by atoms with E-state index in [0.29, 0.717) is 17.6 Å². The molecule has 0 spiro atoms. The van der Waals surface area contributed by atoms with E-state index in [4.69, 9.17) is 9.47 Å². The predicted octanol–water partition coefficient (Wildman–Crippen LogP) is 5.12. The van der Waals surface area contributed by atoms with Crippen LogP contribution in [0, 0.1) is 0 Å². The number of ether oxygens (including phenoxy) is 2. The molecule has 0 saturated heterocycles. The zero-order valence-corrected chi connectivity index (χ0v) is 15.7. The van der Waals surface area contributed by atoms with Crippen LogP contribution < -0.4 is 0 Å². The Morgan fingerprint density at radius 1 is 0.833 bits per heavy atom. The molecule has 0 aliphatic heterocycles. The molecule has 1 unspecified atom stereocenters. The third-order valence-electron chi connectivity index (χ3n) is 3.75. The highest BCUT2D eigenvalue weighted by Crippen LogP contribution is 2.13. The van der Waals surface area contributed by atoms with E-state index < -0.39 is 18.0 Å². The van der Waals surface area contributed by atoms with Gasteiger partial charge in [-0.3, -0.25) is 0 Å². The number of carbonyl (C=O) groups excluding carboxylic acids is 2. The van der Waals surface area contributed by atoms with Crippen LogP contribution in [0.25, 0.3) is 0 Å². The van der Waals surface area contributed by atoms with Gasteiger partial charge in [0, 0.05) is 11.1 Å². The molecule has 0 aromatic heterocycles. The van der Waals surface area contributed by atoms with Crippen molar-refractivity contribution in [1.82, 2.24) is 0 Å². The summed E-state index contributed by atoms with van der Waals surface area (Å²) in [5.74, 6) is -0.895. The molecule has 4 nitrogen and oxygen atoms in total. The Bertz CT molecular complexity index is 412. The summed E-state index contributed by atoms with van der Waals surface area (Å²) in [4.78, 5) is 23.2. The molecule has 0 rings (SSSR count). The number of esters is 2. The Kier molecular flexibility index (Phi) is 12.9. The van der Waals surface area contributed by atoms with Crippen LogP contribution in [0.15, 0.2) is 24.3 Å². The Morgan fingerprint density at radius 2 is 1.33 bits per heavy atom. The van der Waals surface area contributed by atoms with E-state index in [9.17, 15) is 9.59 Å². The summed E-state index contributed by atoms with van der Waals surface area (Å²) in [6.07, 6.45) is 9.94. The number of rotatable bonds is 14. The molecule has 4 heteroatoms. The molecular weight excluding hydrogens is 304 g/mol. The maximum absolute atomic E-state index is 11.7. The summed E-state index contributed by atoms with van der Waals surface area (Å²) in [7, 11) is 0. The summed E-state index contributed by atoms with van der Waals surface area (Å²) in [5, 5.41) is 0. The molecule has 0 N–H and O–H groups in total. The molecule has 0 aromatic carbocycles. The second kappa shape index (κ2) is 13.8. The lowest BCUT2D eigenvalue weighted by Crippen LogP contribution is -2.25. The van der Waals surface area contributed by atoms with Crippen molar-refractivity contribution >= 4 is 11.9 Å². The Morgan fingerprint density at radius 3 is 1.83 bits per heavy atom. The molecule has 0 saturated carbocycles. The average Bonchev–Trinajstić information content (AvgIpc) is 2.53. The predicted molar refractivity (Wildman–Crippen MR) is 97.7 cm³/mol. The van der Waals surface area contributed by atoms with E-state index in [1.807, 2.05) is 0 Å². The number of hydrogen-bond donors (Lipinski definition) is 0. The van der Waals surface area contributed by atoms with Crippen LogP contribution in [0.4, 0.5) is 0 Å². The minimum atomic E-state index is -0.456. The van der Waals surface area contributed by atoms with Crippen molar-refractivity contribution in [2.24, 2.45) is 0 Å². The van der Waals surface area contributed by atoms with Crippen molar-refractivity contribution in [2.45, 2.75) is 84.7 Å². The summed E-state index contributed by atoms with van der Waals surface area (Å²) >= 11 is 0. The molecule has 0 aliphatic rings. The minimum Gasteiger partial charge on any atom is -0.458 e. The van der Waals surface area contributed by atoms with Crippen molar-refractivity contribution in [1.29, 1.82) is 0 Å². The lowest BCUT2D eigenvalue weighted by Gasteiger charge is -2.18. The first-order valence-corrected chi connectivity index (χ1v) is 9.07. The van der Waals surface area contributed by atoms with Crippen LogP contribution in [0.3, 0.4) is 0 Å². The van der Waals surface area contributed by atoms with Gasteiger partial charge in [-0.25, -0.2) is 9.59 Å². The molecule has 0 aliphatic carbocycles. The molecule has 0 fully saturated rings. The lowest BCUT2D eigenvalue weighted by molar-refractivity contribution is -0.154. The first kappa shape index (κ1) is 22.4. The molecule has 0 aromatic rings. The van der Waals surface area contributed by atoms with Gasteiger partial charge in [0.1, 0.15) is 12.7 Å². The first-order valence-electron chi connectivity index (χ1n) is 9.07. The standard InChI is InChI=1S/C20H34O4/c1-6-7-8-9-10-11-12-13-14-18(24-20(22)17(4)5)15-23-19(21)16(2)3/h18H,2,4,6-15H2,1,3,5H3. The SMILES string of the molecule is C=C(C)C(=O)OCC(CCCCCCCCCC)OC(=O)C(=C)C. The second-order valence-electron chi connectivity index (χ2n) is 6.45. The van der Waals surface area contributed by atoms with E-state index in [1.165, 1.54) is 38.5 Å². The third kappa shape index (κ3) is 11.9. The van der Waals surface area contributed by atoms with Crippen molar-refractivity contribution in [2.75, 3.05) is 6.61 Å². The van der Waals surface area contributed by atoms with Gasteiger partial charge in [0.05, 0.1) is 0 Å². The first-order chi connectivity index (χ1) is 11.4. The van der Waals surface area contributed by atoms with Gasteiger partial charge in [-0.05, 0) is 26.7 Å². The molecule has 24 heavy (non-hydrogen) atoms. The monoisotopic (exact) mass is 338 g/mol. The van der Waals surface area contributed by atoms with Crippen LogP contribution >= 0.6 is 0 Å². The number of hydrogen-bond acceptors (Lipinski definition) is 4. The van der Waals surface area contributed by atoms with Gasteiger partial charge in [0.2, 0.25) is 0 Å². The van der Waals surface area contributed by atoms with E-state index in [0.717, 1.165) is 12.8 Å². The topological polar surface area (TPSA) is 52.6 Å². The lowest BCUT2D eigenvalue weighted by atomic mass is 10.1. The molecule has 0 radical (unpaired) electrons. The fourth-order valence-electron chi connectivity index (χ4n) is 2.23. The highest BCUT2D eigenvalue weighted by atomic mass is 16.6. The van der Waals surface area contributed by atoms with Crippen LogP contribution in [-0.4, -0.2) is 24.6 Å². The fourth-order valence-corrected chi connectivity index (χ4v) is 2.23. The molecular formula is C20H34O4. The molecule has 0 heterocycles. The smallest absolute Gasteiger partial charge is 0.333 e. The van der Waals surface area contributed by atoms with Crippen molar-refractivity contribution < 1.29 is 19.1 Å². The number of carbonyl (C=O) groups is 2. The average molecular weight is 338 g/mol. The largest absolute Gasteiger partial charge is 0.458 e. The Labute approximate surface area is 147 Å². The maximum Gasteiger partial charge on any atom is 0.333 e. The van der Waals surface area contributed by atoms with Crippen molar-refractivity contribution in [3.63, 3.8) is 0 Å². The van der Waals surface area contributed by atoms with Crippen LogP contribution in [0.2, 0.25) is 0 Å². The highest BCUT2D eigenvalue weighted by Gasteiger charge is 2.17. The summed E-state index contributed by atoms with van der Waals surface area (Å²) in [6.45, 7) is 12.6.